The predicted octanol–water partition coefficient (Wildman–Crippen LogP) is 12.1. The molecule has 4 unspecified atom stereocenters. The van der Waals surface area contributed by atoms with Gasteiger partial charge in [-0.3, -0.25) is 0 Å². The van der Waals surface area contributed by atoms with Gasteiger partial charge in [0.25, 0.3) is 0 Å². The Bertz CT molecular complexity index is 706. The monoisotopic (exact) mass is 485 g/mol. The second-order valence-corrected chi connectivity index (χ2v) is 13.4. The fourth-order valence-electron chi connectivity index (χ4n) is 9.06. The molecule has 0 aromatic carbocycles. The highest BCUT2D eigenvalue weighted by molar-refractivity contribution is 5.44. The van der Waals surface area contributed by atoms with Crippen molar-refractivity contribution in [2.24, 2.45) is 34.0 Å². The zero-order chi connectivity index (χ0) is 26.3. The standard InChI is InChI=1S/C30H50.C3H8.C2H6/c1-7-10-18-28(4,5)27-14-13-26-25-12-11-22-21-30(9-3,17-8-2)20-16-23(22)24(25)15-19-29(26,27)6;1-3-2;1-2/h15,25-27H,7-14,16-21H2,1-6H3;3H2,1-2H3;1-2H3/t25?,26?,27-,29?,30?;;/m1../s1. The highest BCUT2D eigenvalue weighted by Gasteiger charge is 2.56. The van der Waals surface area contributed by atoms with Crippen LogP contribution in [0.1, 0.15) is 166 Å². The highest BCUT2D eigenvalue weighted by Crippen LogP contribution is 2.65. The minimum atomic E-state index is 0.510. The lowest BCUT2D eigenvalue weighted by atomic mass is 9.53. The summed E-state index contributed by atoms with van der Waals surface area (Å²) in [5, 5.41) is 0. The molecule has 0 spiro atoms. The summed E-state index contributed by atoms with van der Waals surface area (Å²) in [6.07, 6.45) is 23.9. The molecule has 0 radical (unpaired) electrons. The maximum Gasteiger partial charge on any atom is -0.0126 e. The van der Waals surface area contributed by atoms with E-state index in [-0.39, 0.29) is 0 Å². The van der Waals surface area contributed by atoms with Crippen molar-refractivity contribution in [1.82, 2.24) is 0 Å². The zero-order valence-corrected chi connectivity index (χ0v) is 25.9. The lowest BCUT2D eigenvalue weighted by Gasteiger charge is -2.52. The Morgan fingerprint density at radius 2 is 1.63 bits per heavy atom. The third kappa shape index (κ3) is 6.32. The minimum Gasteiger partial charge on any atom is -0.0802 e. The average Bonchev–Trinajstić information content (AvgIpc) is 3.22. The van der Waals surface area contributed by atoms with E-state index in [9.17, 15) is 0 Å². The molecule has 0 aromatic heterocycles. The molecule has 35 heavy (non-hydrogen) atoms. The van der Waals surface area contributed by atoms with E-state index < -0.39 is 0 Å². The van der Waals surface area contributed by atoms with Gasteiger partial charge in [0.15, 0.2) is 0 Å². The number of unbranched alkanes of at least 4 members (excludes halogenated alkanes) is 1. The molecule has 0 heteroatoms. The van der Waals surface area contributed by atoms with Crippen molar-refractivity contribution in [2.45, 2.75) is 166 Å². The van der Waals surface area contributed by atoms with Crippen molar-refractivity contribution in [1.29, 1.82) is 0 Å². The first-order valence-corrected chi connectivity index (χ1v) is 16.1. The Labute approximate surface area is 222 Å². The van der Waals surface area contributed by atoms with Crippen molar-refractivity contribution in [3.63, 3.8) is 0 Å². The van der Waals surface area contributed by atoms with Gasteiger partial charge in [-0.05, 0) is 109 Å². The van der Waals surface area contributed by atoms with Crippen LogP contribution in [0.2, 0.25) is 0 Å². The zero-order valence-electron chi connectivity index (χ0n) is 25.9. The summed E-state index contributed by atoms with van der Waals surface area (Å²) in [7, 11) is 0. The van der Waals surface area contributed by atoms with Crippen LogP contribution in [0.5, 0.6) is 0 Å². The van der Waals surface area contributed by atoms with Crippen molar-refractivity contribution < 1.29 is 0 Å². The van der Waals surface area contributed by atoms with Gasteiger partial charge >= 0.3 is 0 Å². The molecule has 0 amide bonds. The summed E-state index contributed by atoms with van der Waals surface area (Å²) in [6, 6.07) is 0. The largest absolute Gasteiger partial charge is 0.0802 e. The van der Waals surface area contributed by atoms with E-state index in [0.29, 0.717) is 16.2 Å². The number of hydrogen-bond acceptors (Lipinski definition) is 0. The second-order valence-electron chi connectivity index (χ2n) is 13.4. The molecule has 0 aromatic rings. The molecule has 1 saturated carbocycles. The van der Waals surface area contributed by atoms with Crippen molar-refractivity contribution >= 4 is 0 Å². The van der Waals surface area contributed by atoms with Crippen molar-refractivity contribution in [2.75, 3.05) is 0 Å². The quantitative estimate of drug-likeness (QED) is 0.337. The van der Waals surface area contributed by atoms with E-state index in [1.54, 1.807) is 0 Å². The minimum absolute atomic E-state index is 0.510. The number of rotatable bonds is 7. The Morgan fingerprint density at radius 1 is 0.943 bits per heavy atom. The van der Waals surface area contributed by atoms with Crippen molar-refractivity contribution in [3.05, 3.63) is 22.8 Å². The van der Waals surface area contributed by atoms with Crippen LogP contribution in [0.15, 0.2) is 22.8 Å². The van der Waals surface area contributed by atoms with Crippen LogP contribution in [0.4, 0.5) is 0 Å². The van der Waals surface area contributed by atoms with E-state index in [1.165, 1.54) is 96.3 Å². The van der Waals surface area contributed by atoms with Gasteiger partial charge in [0, 0.05) is 0 Å². The van der Waals surface area contributed by atoms with Gasteiger partial charge < -0.3 is 0 Å². The summed E-state index contributed by atoms with van der Waals surface area (Å²) in [6.45, 7) is 23.3. The van der Waals surface area contributed by atoms with E-state index in [1.807, 2.05) is 30.6 Å². The van der Waals surface area contributed by atoms with E-state index >= 15 is 0 Å². The van der Waals surface area contributed by atoms with Gasteiger partial charge in [-0.2, -0.15) is 0 Å². The average molecular weight is 485 g/mol. The summed E-state index contributed by atoms with van der Waals surface area (Å²) in [4.78, 5) is 0. The molecule has 4 rings (SSSR count). The first-order valence-electron chi connectivity index (χ1n) is 16.1. The van der Waals surface area contributed by atoms with Crippen LogP contribution in [0.25, 0.3) is 0 Å². The Kier molecular flexibility index (Phi) is 11.7. The Balaban J connectivity index is 0.000000803. The van der Waals surface area contributed by atoms with Crippen LogP contribution in [0.3, 0.4) is 0 Å². The van der Waals surface area contributed by atoms with Crippen LogP contribution in [-0.4, -0.2) is 0 Å². The first-order chi connectivity index (χ1) is 16.7. The first kappa shape index (κ1) is 30.7. The lowest BCUT2D eigenvalue weighted by Crippen LogP contribution is -2.43. The fraction of sp³-hybridized carbons (Fsp3) is 0.886. The van der Waals surface area contributed by atoms with Crippen molar-refractivity contribution in [3.8, 4) is 0 Å². The predicted molar refractivity (Wildman–Crippen MR) is 159 cm³/mol. The molecule has 0 N–H and O–H groups in total. The van der Waals surface area contributed by atoms with Gasteiger partial charge in [-0.25, -0.2) is 0 Å². The molecule has 0 heterocycles. The molecule has 204 valence electrons. The highest BCUT2D eigenvalue weighted by atomic mass is 14.6. The molecule has 0 nitrogen and oxygen atoms in total. The van der Waals surface area contributed by atoms with Gasteiger partial charge in [-0.15, -0.1) is 0 Å². The van der Waals surface area contributed by atoms with E-state index in [0.717, 1.165) is 17.8 Å². The number of hydrogen-bond donors (Lipinski definition) is 0. The molecule has 4 aliphatic carbocycles. The molecule has 0 aliphatic heterocycles. The van der Waals surface area contributed by atoms with Gasteiger partial charge in [0.2, 0.25) is 0 Å². The van der Waals surface area contributed by atoms with Crippen LogP contribution in [-0.2, 0) is 0 Å². The topological polar surface area (TPSA) is 0 Å². The Hall–Kier alpha value is -0.520. The van der Waals surface area contributed by atoms with Crippen LogP contribution < -0.4 is 0 Å². The fourth-order valence-corrected chi connectivity index (χ4v) is 9.06. The maximum atomic E-state index is 2.78. The molecule has 0 saturated heterocycles. The van der Waals surface area contributed by atoms with E-state index in [4.69, 9.17) is 0 Å². The molecule has 0 bridgehead atoms. The number of allylic oxidation sites excluding steroid dienone is 4. The maximum absolute atomic E-state index is 2.78. The summed E-state index contributed by atoms with van der Waals surface area (Å²) >= 11 is 0. The van der Waals surface area contributed by atoms with Gasteiger partial charge in [0.1, 0.15) is 0 Å². The summed E-state index contributed by atoms with van der Waals surface area (Å²) < 4.78 is 0. The molecular weight excluding hydrogens is 420 g/mol. The molecule has 5 atom stereocenters. The molecular formula is C35H64. The van der Waals surface area contributed by atoms with Crippen LogP contribution in [0, 0.1) is 34.0 Å². The molecule has 1 fully saturated rings. The lowest BCUT2D eigenvalue weighted by molar-refractivity contribution is 0.0277. The van der Waals surface area contributed by atoms with Gasteiger partial charge in [-0.1, -0.05) is 113 Å². The van der Waals surface area contributed by atoms with Crippen LogP contribution >= 0.6 is 0 Å². The summed E-state index contributed by atoms with van der Waals surface area (Å²) in [5.41, 5.74) is 7.30. The Morgan fingerprint density at radius 3 is 2.23 bits per heavy atom. The third-order valence-corrected chi connectivity index (χ3v) is 10.7. The smallest absolute Gasteiger partial charge is 0.0126 e. The summed E-state index contributed by atoms with van der Waals surface area (Å²) in [5.74, 6) is 2.75. The van der Waals surface area contributed by atoms with Gasteiger partial charge in [0.05, 0.1) is 0 Å². The third-order valence-electron chi connectivity index (χ3n) is 10.7. The second kappa shape index (κ2) is 13.3. The van der Waals surface area contributed by atoms with E-state index in [2.05, 4.69) is 61.5 Å². The molecule has 4 aliphatic rings. The number of fused-ring (bicyclic) bond motifs is 4. The SMILES string of the molecule is CC.CCC.CCCCC(C)(C)[C@H]1CCC2C3CCC4=C(CCC(CC)(CCC)C4)C3=CCC21C. The normalized spacial score (nSPS) is 33.9.